The van der Waals surface area contributed by atoms with Crippen LogP contribution >= 0.6 is 11.6 Å². The van der Waals surface area contributed by atoms with Crippen molar-refractivity contribution in [2.24, 2.45) is 7.05 Å². The molecule has 2 rings (SSSR count). The lowest BCUT2D eigenvalue weighted by Crippen LogP contribution is -2.22. The van der Waals surface area contributed by atoms with E-state index in [9.17, 15) is 0 Å². The zero-order valence-electron chi connectivity index (χ0n) is 12.8. The van der Waals surface area contributed by atoms with Crippen LogP contribution in [0, 0.1) is 0 Å². The van der Waals surface area contributed by atoms with Crippen LogP contribution < -0.4 is 10.1 Å². The van der Waals surface area contributed by atoms with Gasteiger partial charge in [0.1, 0.15) is 5.75 Å². The number of nitrogens with zero attached hydrogens (tertiary/aromatic N) is 2. The smallest absolute Gasteiger partial charge is 0.123 e. The van der Waals surface area contributed by atoms with Gasteiger partial charge in [0, 0.05) is 29.9 Å². The molecule has 0 radical (unpaired) electrons. The Morgan fingerprint density at radius 2 is 2.24 bits per heavy atom. The van der Waals surface area contributed by atoms with E-state index in [2.05, 4.69) is 23.5 Å². The molecule has 1 unspecified atom stereocenters. The van der Waals surface area contributed by atoms with Gasteiger partial charge in [-0.25, -0.2) is 0 Å². The molecule has 2 aromatic rings. The van der Waals surface area contributed by atoms with Crippen LogP contribution in [0.3, 0.4) is 0 Å². The van der Waals surface area contributed by atoms with Crippen LogP contribution in [0.1, 0.15) is 30.5 Å². The van der Waals surface area contributed by atoms with E-state index in [0.717, 1.165) is 35.7 Å². The molecule has 1 N–H and O–H groups in total. The maximum Gasteiger partial charge on any atom is 0.123 e. The molecular formula is C16H22ClN3O. The van der Waals surface area contributed by atoms with Crippen molar-refractivity contribution in [1.29, 1.82) is 0 Å². The van der Waals surface area contributed by atoms with Crippen molar-refractivity contribution >= 4 is 11.6 Å². The van der Waals surface area contributed by atoms with Crippen LogP contribution in [0.25, 0.3) is 0 Å². The van der Waals surface area contributed by atoms with Gasteiger partial charge in [0.05, 0.1) is 13.3 Å². The summed E-state index contributed by atoms with van der Waals surface area (Å²) in [6, 6.07) is 5.97. The number of benzene rings is 1. The predicted molar refractivity (Wildman–Crippen MR) is 86.0 cm³/mol. The number of ether oxygens (including phenoxy) is 1. The van der Waals surface area contributed by atoms with Gasteiger partial charge in [0.25, 0.3) is 0 Å². The summed E-state index contributed by atoms with van der Waals surface area (Å²) in [5.41, 5.74) is 2.34. The second kappa shape index (κ2) is 7.48. The van der Waals surface area contributed by atoms with E-state index in [-0.39, 0.29) is 6.04 Å². The third-order valence-electron chi connectivity index (χ3n) is 3.50. The number of hydrogen-bond acceptors (Lipinski definition) is 3. The summed E-state index contributed by atoms with van der Waals surface area (Å²) in [6.45, 7) is 3.00. The first kappa shape index (κ1) is 15.9. The van der Waals surface area contributed by atoms with Crippen molar-refractivity contribution in [3.63, 3.8) is 0 Å². The number of aryl methyl sites for hydroxylation is 2. The first-order chi connectivity index (χ1) is 10.1. The first-order valence-corrected chi connectivity index (χ1v) is 7.56. The highest BCUT2D eigenvalue weighted by Crippen LogP contribution is 2.30. The van der Waals surface area contributed by atoms with E-state index in [4.69, 9.17) is 16.3 Å². The average Bonchev–Trinajstić information content (AvgIpc) is 2.89. The minimum absolute atomic E-state index is 0.212. The molecule has 1 aromatic heterocycles. The van der Waals surface area contributed by atoms with E-state index >= 15 is 0 Å². The zero-order valence-corrected chi connectivity index (χ0v) is 13.5. The molecule has 0 amide bonds. The maximum absolute atomic E-state index is 6.14. The molecule has 0 saturated heterocycles. The monoisotopic (exact) mass is 307 g/mol. The fourth-order valence-electron chi connectivity index (χ4n) is 2.50. The lowest BCUT2D eigenvalue weighted by atomic mass is 9.99. The standard InChI is InChI=1S/C16H22ClN3O/c1-4-18-15(7-5-12-10-19-20(2)11-12)14-9-13(17)6-8-16(14)21-3/h6,8-11,15,18H,4-5,7H2,1-3H3. The fraction of sp³-hybridized carbons (Fsp3) is 0.438. The highest BCUT2D eigenvalue weighted by atomic mass is 35.5. The summed E-state index contributed by atoms with van der Waals surface area (Å²) in [6.07, 6.45) is 5.90. The molecule has 0 fully saturated rings. The van der Waals surface area contributed by atoms with Crippen molar-refractivity contribution < 1.29 is 4.74 Å². The van der Waals surface area contributed by atoms with E-state index < -0.39 is 0 Å². The molecule has 21 heavy (non-hydrogen) atoms. The summed E-state index contributed by atoms with van der Waals surface area (Å²) in [5.74, 6) is 0.872. The molecule has 5 heteroatoms. The van der Waals surface area contributed by atoms with Gasteiger partial charge in [-0.1, -0.05) is 18.5 Å². The summed E-state index contributed by atoms with van der Waals surface area (Å²) in [4.78, 5) is 0. The Balaban J connectivity index is 2.16. The van der Waals surface area contributed by atoms with Gasteiger partial charge in [-0.05, 0) is 43.1 Å². The lowest BCUT2D eigenvalue weighted by molar-refractivity contribution is 0.396. The topological polar surface area (TPSA) is 39.1 Å². The number of rotatable bonds is 7. The van der Waals surface area contributed by atoms with Crippen LogP contribution in [-0.4, -0.2) is 23.4 Å². The van der Waals surface area contributed by atoms with Gasteiger partial charge in [0.15, 0.2) is 0 Å². The Bertz CT molecular complexity index is 583. The van der Waals surface area contributed by atoms with Crippen LogP contribution in [0.2, 0.25) is 5.02 Å². The van der Waals surface area contributed by atoms with E-state index in [1.807, 2.05) is 36.1 Å². The predicted octanol–water partition coefficient (Wildman–Crippen LogP) is 3.37. The number of aromatic nitrogens is 2. The minimum Gasteiger partial charge on any atom is -0.496 e. The van der Waals surface area contributed by atoms with Gasteiger partial charge in [-0.2, -0.15) is 5.10 Å². The molecule has 0 spiro atoms. The third kappa shape index (κ3) is 4.22. The third-order valence-corrected chi connectivity index (χ3v) is 3.73. The van der Waals surface area contributed by atoms with Crippen LogP contribution in [-0.2, 0) is 13.5 Å². The number of hydrogen-bond donors (Lipinski definition) is 1. The van der Waals surface area contributed by atoms with E-state index in [1.54, 1.807) is 7.11 Å². The van der Waals surface area contributed by atoms with Gasteiger partial charge in [0.2, 0.25) is 0 Å². The summed E-state index contributed by atoms with van der Waals surface area (Å²) < 4.78 is 7.30. The molecule has 1 atom stereocenters. The van der Waals surface area contributed by atoms with Crippen molar-refractivity contribution in [1.82, 2.24) is 15.1 Å². The van der Waals surface area contributed by atoms with Crippen LogP contribution in [0.4, 0.5) is 0 Å². The van der Waals surface area contributed by atoms with Gasteiger partial charge >= 0.3 is 0 Å². The van der Waals surface area contributed by atoms with Crippen molar-refractivity contribution in [2.75, 3.05) is 13.7 Å². The summed E-state index contributed by atoms with van der Waals surface area (Å²) in [5, 5.41) is 8.46. The summed E-state index contributed by atoms with van der Waals surface area (Å²) >= 11 is 6.14. The largest absolute Gasteiger partial charge is 0.496 e. The Kier molecular flexibility index (Phi) is 5.65. The second-order valence-electron chi connectivity index (χ2n) is 5.06. The Morgan fingerprint density at radius 1 is 1.43 bits per heavy atom. The minimum atomic E-state index is 0.212. The highest BCUT2D eigenvalue weighted by Gasteiger charge is 2.16. The maximum atomic E-state index is 6.14. The van der Waals surface area contributed by atoms with Crippen molar-refractivity contribution in [2.45, 2.75) is 25.8 Å². The molecule has 1 aromatic carbocycles. The number of nitrogens with one attached hydrogen (secondary N) is 1. The normalized spacial score (nSPS) is 12.4. The fourth-order valence-corrected chi connectivity index (χ4v) is 2.68. The Morgan fingerprint density at radius 3 is 2.86 bits per heavy atom. The van der Waals surface area contributed by atoms with Gasteiger partial charge in [-0.15, -0.1) is 0 Å². The molecule has 0 saturated carbocycles. The average molecular weight is 308 g/mol. The van der Waals surface area contributed by atoms with Crippen molar-refractivity contribution in [3.05, 3.63) is 46.7 Å². The molecule has 114 valence electrons. The lowest BCUT2D eigenvalue weighted by Gasteiger charge is -2.21. The molecule has 0 aliphatic rings. The van der Waals surface area contributed by atoms with Crippen molar-refractivity contribution in [3.8, 4) is 5.75 Å². The second-order valence-corrected chi connectivity index (χ2v) is 5.49. The number of methoxy groups -OCH3 is 1. The Hall–Kier alpha value is -1.52. The first-order valence-electron chi connectivity index (χ1n) is 7.18. The molecule has 0 aliphatic heterocycles. The molecular weight excluding hydrogens is 286 g/mol. The Labute approximate surface area is 131 Å². The molecule has 1 heterocycles. The highest BCUT2D eigenvalue weighted by molar-refractivity contribution is 6.30. The zero-order chi connectivity index (χ0) is 15.2. The number of halogens is 1. The van der Waals surface area contributed by atoms with Crippen LogP contribution in [0.5, 0.6) is 5.75 Å². The molecule has 4 nitrogen and oxygen atoms in total. The van der Waals surface area contributed by atoms with E-state index in [1.165, 1.54) is 5.56 Å². The SMILES string of the molecule is CCNC(CCc1cnn(C)c1)c1cc(Cl)ccc1OC. The van der Waals surface area contributed by atoms with Gasteiger partial charge < -0.3 is 10.1 Å². The van der Waals surface area contributed by atoms with Crippen LogP contribution in [0.15, 0.2) is 30.6 Å². The quantitative estimate of drug-likeness (QED) is 0.852. The van der Waals surface area contributed by atoms with Gasteiger partial charge in [-0.3, -0.25) is 4.68 Å². The molecule has 0 bridgehead atoms. The molecule has 0 aliphatic carbocycles. The van der Waals surface area contributed by atoms with E-state index in [0.29, 0.717) is 0 Å². The summed E-state index contributed by atoms with van der Waals surface area (Å²) in [7, 11) is 3.63.